The van der Waals surface area contributed by atoms with Crippen molar-refractivity contribution in [1.82, 2.24) is 9.71 Å². The van der Waals surface area contributed by atoms with Crippen molar-refractivity contribution in [2.75, 3.05) is 6.54 Å². The molecule has 0 saturated carbocycles. The Hall–Kier alpha value is -1.01. The third-order valence-electron chi connectivity index (χ3n) is 2.71. The highest BCUT2D eigenvalue weighted by atomic mass is 32.2. The van der Waals surface area contributed by atoms with Crippen LogP contribution in [0.2, 0.25) is 0 Å². The van der Waals surface area contributed by atoms with Crippen LogP contribution in [0.25, 0.3) is 0 Å². The Balaban J connectivity index is 2.80. The van der Waals surface area contributed by atoms with Crippen molar-refractivity contribution in [2.45, 2.75) is 25.8 Å². The molecular formula is C11H17FN2O2S. The predicted molar refractivity (Wildman–Crippen MR) is 63.4 cm³/mol. The zero-order chi connectivity index (χ0) is 13.1. The van der Waals surface area contributed by atoms with Crippen LogP contribution in [0.15, 0.2) is 23.4 Å². The number of halogens is 1. The van der Waals surface area contributed by atoms with Crippen molar-refractivity contribution < 1.29 is 12.8 Å². The summed E-state index contributed by atoms with van der Waals surface area (Å²) in [6.07, 6.45) is 1.25. The predicted octanol–water partition coefficient (Wildman–Crippen LogP) is 1.79. The van der Waals surface area contributed by atoms with Crippen LogP contribution in [0.4, 0.5) is 4.39 Å². The monoisotopic (exact) mass is 260 g/mol. The molecule has 0 aromatic carbocycles. The first-order chi connectivity index (χ1) is 7.84. The molecule has 6 heteroatoms. The van der Waals surface area contributed by atoms with Crippen molar-refractivity contribution in [2.24, 2.45) is 11.8 Å². The van der Waals surface area contributed by atoms with Crippen LogP contribution in [-0.2, 0) is 10.0 Å². The maximum atomic E-state index is 13.3. The second kappa shape index (κ2) is 5.55. The maximum Gasteiger partial charge on any atom is 0.261 e. The number of hydrogen-bond acceptors (Lipinski definition) is 3. The summed E-state index contributed by atoms with van der Waals surface area (Å²) in [5, 5.41) is -0.545. The molecule has 0 aliphatic carbocycles. The molecule has 1 N–H and O–H groups in total. The lowest BCUT2D eigenvalue weighted by Crippen LogP contribution is -2.31. The van der Waals surface area contributed by atoms with E-state index >= 15 is 0 Å². The fraction of sp³-hybridized carbons (Fsp3) is 0.545. The summed E-state index contributed by atoms with van der Waals surface area (Å²) in [5.41, 5.74) is 0. The highest BCUT2D eigenvalue weighted by molar-refractivity contribution is 7.89. The van der Waals surface area contributed by atoms with E-state index in [1.165, 1.54) is 12.3 Å². The fourth-order valence-electron chi connectivity index (χ4n) is 1.11. The molecule has 1 atom stereocenters. The molecule has 0 saturated heterocycles. The Morgan fingerprint density at radius 2 is 2.06 bits per heavy atom. The van der Waals surface area contributed by atoms with Gasteiger partial charge in [-0.2, -0.15) is 0 Å². The summed E-state index contributed by atoms with van der Waals surface area (Å²) in [6.45, 7) is 6.21. The van der Waals surface area contributed by atoms with Crippen molar-refractivity contribution in [3.05, 3.63) is 24.1 Å². The first kappa shape index (κ1) is 14.1. The normalized spacial score (nSPS) is 13.9. The third kappa shape index (κ3) is 3.74. The SMILES string of the molecule is CC(C)C(C)CNS(=O)(=O)c1ncccc1F. The number of sulfonamides is 1. The summed E-state index contributed by atoms with van der Waals surface area (Å²) in [4.78, 5) is 3.55. The first-order valence-corrected chi connectivity index (χ1v) is 6.93. The van der Waals surface area contributed by atoms with Crippen LogP contribution in [0, 0.1) is 17.7 Å². The van der Waals surface area contributed by atoms with E-state index in [4.69, 9.17) is 0 Å². The Bertz CT molecular complexity index is 474. The summed E-state index contributed by atoms with van der Waals surface area (Å²) >= 11 is 0. The lowest BCUT2D eigenvalue weighted by molar-refractivity contribution is 0.413. The Kier molecular flexibility index (Phi) is 4.59. The number of pyridine rings is 1. The van der Waals surface area contributed by atoms with E-state index in [0.717, 1.165) is 6.07 Å². The van der Waals surface area contributed by atoms with Gasteiger partial charge in [0.2, 0.25) is 5.03 Å². The topological polar surface area (TPSA) is 59.1 Å². The molecule has 0 spiro atoms. The van der Waals surface area contributed by atoms with E-state index in [0.29, 0.717) is 5.92 Å². The van der Waals surface area contributed by atoms with Crippen LogP contribution < -0.4 is 4.72 Å². The molecule has 17 heavy (non-hydrogen) atoms. The van der Waals surface area contributed by atoms with Crippen molar-refractivity contribution in [1.29, 1.82) is 0 Å². The molecule has 0 fully saturated rings. The minimum absolute atomic E-state index is 0.177. The molecule has 1 unspecified atom stereocenters. The van der Waals surface area contributed by atoms with E-state index in [2.05, 4.69) is 9.71 Å². The number of hydrogen-bond donors (Lipinski definition) is 1. The van der Waals surface area contributed by atoms with Crippen LogP contribution in [0.3, 0.4) is 0 Å². The van der Waals surface area contributed by atoms with Gasteiger partial charge in [-0.25, -0.2) is 22.5 Å². The Morgan fingerprint density at radius 1 is 1.41 bits per heavy atom. The van der Waals surface area contributed by atoms with Crippen molar-refractivity contribution in [3.8, 4) is 0 Å². The highest BCUT2D eigenvalue weighted by Crippen LogP contribution is 2.12. The zero-order valence-electron chi connectivity index (χ0n) is 10.1. The van der Waals surface area contributed by atoms with Gasteiger partial charge in [0.15, 0.2) is 5.82 Å². The molecule has 4 nitrogen and oxygen atoms in total. The summed E-state index contributed by atoms with van der Waals surface area (Å²) < 4.78 is 39.2. The van der Waals surface area contributed by atoms with E-state index in [9.17, 15) is 12.8 Å². The Labute approximate surface area is 101 Å². The Morgan fingerprint density at radius 3 is 2.59 bits per heavy atom. The fourth-order valence-corrected chi connectivity index (χ4v) is 2.26. The molecule has 1 rings (SSSR count). The van der Waals surface area contributed by atoms with Crippen molar-refractivity contribution >= 4 is 10.0 Å². The quantitative estimate of drug-likeness (QED) is 0.878. The molecule has 96 valence electrons. The smallest absolute Gasteiger partial charge is 0.241 e. The standard InChI is InChI=1S/C11H17FN2O2S/c1-8(2)9(3)7-14-17(15,16)11-10(12)5-4-6-13-11/h4-6,8-9,14H,7H2,1-3H3. The minimum Gasteiger partial charge on any atom is -0.241 e. The molecule has 1 aromatic heterocycles. The third-order valence-corrected chi connectivity index (χ3v) is 4.07. The van der Waals surface area contributed by atoms with E-state index in [1.54, 1.807) is 0 Å². The van der Waals surface area contributed by atoms with Gasteiger partial charge < -0.3 is 0 Å². The molecule has 1 heterocycles. The van der Waals surface area contributed by atoms with Crippen LogP contribution in [0.1, 0.15) is 20.8 Å². The molecule has 1 aromatic rings. The molecule has 0 radical (unpaired) electrons. The molecule has 0 aliphatic heterocycles. The van der Waals surface area contributed by atoms with Crippen molar-refractivity contribution in [3.63, 3.8) is 0 Å². The van der Waals surface area contributed by atoms with E-state index < -0.39 is 20.9 Å². The molecular weight excluding hydrogens is 243 g/mol. The van der Waals surface area contributed by atoms with Gasteiger partial charge >= 0.3 is 0 Å². The van der Waals surface area contributed by atoms with Gasteiger partial charge in [0.1, 0.15) is 0 Å². The van der Waals surface area contributed by atoms with Crippen LogP contribution in [0.5, 0.6) is 0 Å². The summed E-state index contributed by atoms with van der Waals surface area (Å²) in [6, 6.07) is 2.43. The molecule has 0 bridgehead atoms. The van der Waals surface area contributed by atoms with Gasteiger partial charge in [0.25, 0.3) is 10.0 Å². The van der Waals surface area contributed by atoms with Gasteiger partial charge in [0, 0.05) is 12.7 Å². The zero-order valence-corrected chi connectivity index (χ0v) is 11.0. The number of nitrogens with one attached hydrogen (secondary N) is 1. The number of nitrogens with zero attached hydrogens (tertiary/aromatic N) is 1. The highest BCUT2D eigenvalue weighted by Gasteiger charge is 2.21. The van der Waals surface area contributed by atoms with E-state index in [-0.39, 0.29) is 12.5 Å². The van der Waals surface area contributed by atoms with Gasteiger partial charge in [0.05, 0.1) is 0 Å². The van der Waals surface area contributed by atoms with E-state index in [1.807, 2.05) is 20.8 Å². The lowest BCUT2D eigenvalue weighted by Gasteiger charge is -2.15. The second-order valence-electron chi connectivity index (χ2n) is 4.36. The first-order valence-electron chi connectivity index (χ1n) is 5.44. The lowest BCUT2D eigenvalue weighted by atomic mass is 9.99. The summed E-state index contributed by atoms with van der Waals surface area (Å²) in [5.74, 6) is -0.306. The minimum atomic E-state index is -3.86. The van der Waals surface area contributed by atoms with Gasteiger partial charge in [-0.3, -0.25) is 0 Å². The van der Waals surface area contributed by atoms with Gasteiger partial charge in [-0.05, 0) is 24.0 Å². The number of aromatic nitrogens is 1. The summed E-state index contributed by atoms with van der Waals surface area (Å²) in [7, 11) is -3.86. The maximum absolute atomic E-state index is 13.3. The van der Waals surface area contributed by atoms with Crippen LogP contribution in [-0.4, -0.2) is 19.9 Å². The second-order valence-corrected chi connectivity index (χ2v) is 6.05. The van der Waals surface area contributed by atoms with Gasteiger partial charge in [-0.15, -0.1) is 0 Å². The average Bonchev–Trinajstić information content (AvgIpc) is 2.26. The molecule has 0 amide bonds. The van der Waals surface area contributed by atoms with Crippen LogP contribution >= 0.6 is 0 Å². The average molecular weight is 260 g/mol. The van der Waals surface area contributed by atoms with Gasteiger partial charge in [-0.1, -0.05) is 20.8 Å². The number of rotatable bonds is 5. The molecule has 0 aliphatic rings. The largest absolute Gasteiger partial charge is 0.261 e.